The van der Waals surface area contributed by atoms with Gasteiger partial charge in [-0.05, 0) is 79.9 Å². The van der Waals surface area contributed by atoms with Gasteiger partial charge in [-0.2, -0.15) is 0 Å². The number of rotatable bonds is 15. The molecule has 4 rings (SSSR count). The summed E-state index contributed by atoms with van der Waals surface area (Å²) in [6, 6.07) is 25.9. The van der Waals surface area contributed by atoms with E-state index in [0.29, 0.717) is 17.0 Å². The molecule has 1 N–H and O–H groups in total. The Bertz CT molecular complexity index is 1740. The molecule has 2 unspecified atom stereocenters. The summed E-state index contributed by atoms with van der Waals surface area (Å²) in [5.41, 5.74) is 1.53. The standard InChI is InChI=1S/C36H39ClFN3O5S/c1-4-26(3)39-36(43)33(23-27-11-7-6-8-12-27)40(24-28-15-19-30(38)20-16-28)35(42)25-41(32-13-9-10-14-34(32)46-5-2)47(44,45)31-21-17-29(37)18-22-31/h6-22,26,33H,4-5,23-25H2,1-3H3,(H,39,43). The number of hydrogen-bond donors (Lipinski definition) is 1. The second kappa shape index (κ2) is 16.4. The van der Waals surface area contributed by atoms with Gasteiger partial charge in [-0.15, -0.1) is 0 Å². The van der Waals surface area contributed by atoms with Crippen LogP contribution in [0.25, 0.3) is 0 Å². The molecular weight excluding hydrogens is 641 g/mol. The summed E-state index contributed by atoms with van der Waals surface area (Å²) in [6.45, 7) is 5.10. The van der Waals surface area contributed by atoms with Crippen molar-refractivity contribution in [3.05, 3.63) is 125 Å². The topological polar surface area (TPSA) is 96.0 Å². The zero-order valence-corrected chi connectivity index (χ0v) is 28.2. The van der Waals surface area contributed by atoms with E-state index in [1.165, 1.54) is 53.4 Å². The van der Waals surface area contributed by atoms with Gasteiger partial charge in [0.05, 0.1) is 17.2 Å². The highest BCUT2D eigenvalue weighted by Gasteiger charge is 2.35. The highest BCUT2D eigenvalue weighted by molar-refractivity contribution is 7.92. The van der Waals surface area contributed by atoms with Crippen molar-refractivity contribution >= 4 is 39.1 Å². The van der Waals surface area contributed by atoms with Crippen LogP contribution in [-0.4, -0.2) is 50.4 Å². The normalized spacial score (nSPS) is 12.5. The van der Waals surface area contributed by atoms with E-state index < -0.39 is 34.3 Å². The Hall–Kier alpha value is -4.41. The van der Waals surface area contributed by atoms with Gasteiger partial charge in [0.25, 0.3) is 10.0 Å². The average Bonchev–Trinajstić information content (AvgIpc) is 3.07. The first-order chi connectivity index (χ1) is 22.5. The molecule has 0 aliphatic carbocycles. The van der Waals surface area contributed by atoms with E-state index in [-0.39, 0.29) is 47.9 Å². The summed E-state index contributed by atoms with van der Waals surface area (Å²) in [4.78, 5) is 29.8. The van der Waals surface area contributed by atoms with Crippen LogP contribution in [0, 0.1) is 5.82 Å². The molecule has 2 atom stereocenters. The molecule has 4 aromatic carbocycles. The minimum Gasteiger partial charge on any atom is -0.492 e. The molecule has 0 bridgehead atoms. The maximum atomic E-state index is 14.6. The molecular formula is C36H39ClFN3O5S. The van der Waals surface area contributed by atoms with Crippen molar-refractivity contribution in [1.82, 2.24) is 10.2 Å². The van der Waals surface area contributed by atoms with E-state index in [0.717, 1.165) is 9.87 Å². The van der Waals surface area contributed by atoms with Crippen molar-refractivity contribution in [2.75, 3.05) is 17.5 Å². The largest absolute Gasteiger partial charge is 0.492 e. The van der Waals surface area contributed by atoms with E-state index in [1.54, 1.807) is 31.2 Å². The Kier molecular flexibility index (Phi) is 12.4. The quantitative estimate of drug-likeness (QED) is 0.152. The van der Waals surface area contributed by atoms with Gasteiger partial charge in [-0.3, -0.25) is 13.9 Å². The summed E-state index contributed by atoms with van der Waals surface area (Å²) in [6.07, 6.45) is 0.826. The summed E-state index contributed by atoms with van der Waals surface area (Å²) in [7, 11) is -4.35. The van der Waals surface area contributed by atoms with Crippen molar-refractivity contribution < 1.29 is 27.1 Å². The third-order valence-electron chi connectivity index (χ3n) is 7.65. The molecule has 0 aromatic heterocycles. The van der Waals surface area contributed by atoms with Crippen molar-refractivity contribution in [1.29, 1.82) is 0 Å². The van der Waals surface area contributed by atoms with Gasteiger partial charge >= 0.3 is 0 Å². The maximum absolute atomic E-state index is 14.6. The van der Waals surface area contributed by atoms with E-state index in [4.69, 9.17) is 16.3 Å². The number of anilines is 1. The Morgan fingerprint density at radius 3 is 2.15 bits per heavy atom. The van der Waals surface area contributed by atoms with Crippen LogP contribution in [0.15, 0.2) is 108 Å². The average molecular weight is 680 g/mol. The predicted molar refractivity (Wildman–Crippen MR) is 182 cm³/mol. The predicted octanol–water partition coefficient (Wildman–Crippen LogP) is 6.63. The first-order valence-electron chi connectivity index (χ1n) is 15.4. The van der Waals surface area contributed by atoms with Crippen LogP contribution < -0.4 is 14.4 Å². The monoisotopic (exact) mass is 679 g/mol. The molecule has 0 radical (unpaired) electrons. The molecule has 2 amide bonds. The van der Waals surface area contributed by atoms with Gasteiger partial charge in [0.15, 0.2) is 0 Å². The molecule has 0 fully saturated rings. The molecule has 0 saturated heterocycles. The lowest BCUT2D eigenvalue weighted by Gasteiger charge is -2.34. The number of halogens is 2. The number of benzene rings is 4. The fraction of sp³-hybridized carbons (Fsp3) is 0.278. The molecule has 0 aliphatic heterocycles. The number of ether oxygens (including phenoxy) is 1. The van der Waals surface area contributed by atoms with Crippen molar-refractivity contribution in [3.63, 3.8) is 0 Å². The van der Waals surface area contributed by atoms with Gasteiger partial charge in [0.2, 0.25) is 11.8 Å². The Morgan fingerprint density at radius 1 is 0.872 bits per heavy atom. The van der Waals surface area contributed by atoms with Crippen LogP contribution in [0.1, 0.15) is 38.3 Å². The Balaban J connectivity index is 1.84. The number of para-hydroxylation sites is 2. The number of carbonyl (C=O) groups is 2. The minimum atomic E-state index is -4.35. The lowest BCUT2D eigenvalue weighted by Crippen LogP contribution is -2.54. The fourth-order valence-electron chi connectivity index (χ4n) is 4.97. The second-order valence-corrected chi connectivity index (χ2v) is 13.3. The number of amides is 2. The molecule has 0 aliphatic rings. The van der Waals surface area contributed by atoms with E-state index in [2.05, 4.69) is 5.32 Å². The zero-order valence-electron chi connectivity index (χ0n) is 26.6. The third-order valence-corrected chi connectivity index (χ3v) is 9.68. The fourth-order valence-corrected chi connectivity index (χ4v) is 6.52. The number of nitrogens with one attached hydrogen (secondary N) is 1. The number of carbonyl (C=O) groups excluding carboxylic acids is 2. The Labute approximate surface area is 281 Å². The SMILES string of the molecule is CCOc1ccccc1N(CC(=O)N(Cc1ccc(F)cc1)C(Cc1ccccc1)C(=O)NC(C)CC)S(=O)(=O)c1ccc(Cl)cc1. The Morgan fingerprint density at radius 2 is 1.51 bits per heavy atom. The van der Waals surface area contributed by atoms with E-state index in [9.17, 15) is 22.4 Å². The van der Waals surface area contributed by atoms with Gasteiger partial charge in [-0.25, -0.2) is 12.8 Å². The third kappa shape index (κ3) is 9.33. The highest BCUT2D eigenvalue weighted by atomic mass is 35.5. The van der Waals surface area contributed by atoms with Crippen LogP contribution in [0.4, 0.5) is 10.1 Å². The summed E-state index contributed by atoms with van der Waals surface area (Å²) < 4.78 is 49.2. The first-order valence-corrected chi connectivity index (χ1v) is 17.2. The van der Waals surface area contributed by atoms with Crippen molar-refractivity contribution in [3.8, 4) is 5.75 Å². The molecule has 47 heavy (non-hydrogen) atoms. The maximum Gasteiger partial charge on any atom is 0.264 e. The van der Waals surface area contributed by atoms with Crippen LogP contribution in [-0.2, 0) is 32.6 Å². The second-order valence-electron chi connectivity index (χ2n) is 11.0. The van der Waals surface area contributed by atoms with Crippen LogP contribution in [0.3, 0.4) is 0 Å². The summed E-state index contributed by atoms with van der Waals surface area (Å²) in [5.74, 6) is -1.21. The lowest BCUT2D eigenvalue weighted by molar-refractivity contribution is -0.140. The van der Waals surface area contributed by atoms with Gasteiger partial charge in [0, 0.05) is 24.0 Å². The zero-order chi connectivity index (χ0) is 34.0. The molecule has 4 aromatic rings. The van der Waals surface area contributed by atoms with Crippen LogP contribution in [0.5, 0.6) is 5.75 Å². The van der Waals surface area contributed by atoms with Gasteiger partial charge in [-0.1, -0.05) is 73.1 Å². The molecule has 248 valence electrons. The van der Waals surface area contributed by atoms with E-state index in [1.807, 2.05) is 44.2 Å². The molecule has 0 spiro atoms. The minimum absolute atomic E-state index is 0.0769. The number of hydrogen-bond acceptors (Lipinski definition) is 5. The molecule has 8 nitrogen and oxygen atoms in total. The summed E-state index contributed by atoms with van der Waals surface area (Å²) >= 11 is 6.06. The summed E-state index contributed by atoms with van der Waals surface area (Å²) in [5, 5.41) is 3.35. The van der Waals surface area contributed by atoms with Crippen molar-refractivity contribution in [2.24, 2.45) is 0 Å². The van der Waals surface area contributed by atoms with Crippen molar-refractivity contribution in [2.45, 2.75) is 57.1 Å². The van der Waals surface area contributed by atoms with Gasteiger partial charge in [0.1, 0.15) is 24.2 Å². The smallest absolute Gasteiger partial charge is 0.264 e. The van der Waals surface area contributed by atoms with Crippen LogP contribution in [0.2, 0.25) is 5.02 Å². The van der Waals surface area contributed by atoms with E-state index >= 15 is 0 Å². The van der Waals surface area contributed by atoms with Gasteiger partial charge < -0.3 is 15.0 Å². The number of sulfonamides is 1. The number of nitrogens with zero attached hydrogens (tertiary/aromatic N) is 2. The van der Waals surface area contributed by atoms with Crippen LogP contribution >= 0.6 is 11.6 Å². The highest BCUT2D eigenvalue weighted by Crippen LogP contribution is 2.33. The molecule has 0 heterocycles. The molecule has 0 saturated carbocycles. The first kappa shape index (κ1) is 35.4. The molecule has 11 heteroatoms. The lowest BCUT2D eigenvalue weighted by atomic mass is 10.0.